The van der Waals surface area contributed by atoms with Crippen LogP contribution in [0.25, 0.3) is 5.52 Å². The molecular formula is C16H19BrN8O2. The Morgan fingerprint density at radius 3 is 2.67 bits per heavy atom. The number of carbonyl (C=O) groups is 1. The minimum Gasteiger partial charge on any atom is -0.346 e. The number of nitrogens with zero attached hydrogens (tertiary/aromatic N) is 7. The van der Waals surface area contributed by atoms with Crippen molar-refractivity contribution in [2.24, 2.45) is 0 Å². The van der Waals surface area contributed by atoms with Gasteiger partial charge < -0.3 is 10.2 Å². The third-order valence-electron chi connectivity index (χ3n) is 3.78. The maximum atomic E-state index is 12.9. The van der Waals surface area contributed by atoms with E-state index >= 15 is 0 Å². The van der Waals surface area contributed by atoms with Gasteiger partial charge in [-0.2, -0.15) is 9.61 Å². The van der Waals surface area contributed by atoms with Gasteiger partial charge in [0.1, 0.15) is 18.7 Å². The summed E-state index contributed by atoms with van der Waals surface area (Å²) < 4.78 is 3.23. The molecule has 0 bridgehead atoms. The lowest BCUT2D eigenvalue weighted by atomic mass is 10.1. The number of anilines is 2. The van der Waals surface area contributed by atoms with Crippen molar-refractivity contribution in [1.29, 1.82) is 0 Å². The Morgan fingerprint density at radius 2 is 2.07 bits per heavy atom. The summed E-state index contributed by atoms with van der Waals surface area (Å²) in [7, 11) is 3.59. The Bertz CT molecular complexity index is 1040. The van der Waals surface area contributed by atoms with Gasteiger partial charge in [-0.25, -0.2) is 14.6 Å². The fourth-order valence-electron chi connectivity index (χ4n) is 2.50. The smallest absolute Gasteiger partial charge is 0.294 e. The first-order chi connectivity index (χ1) is 12.8. The van der Waals surface area contributed by atoms with Crippen molar-refractivity contribution >= 4 is 39.1 Å². The van der Waals surface area contributed by atoms with Gasteiger partial charge in [-0.05, 0) is 27.9 Å². The van der Waals surface area contributed by atoms with Crippen molar-refractivity contribution in [2.45, 2.75) is 26.3 Å². The zero-order valence-corrected chi connectivity index (χ0v) is 16.9. The fourth-order valence-corrected chi connectivity index (χ4v) is 3.38. The highest BCUT2D eigenvalue weighted by Gasteiger charge is 2.22. The van der Waals surface area contributed by atoms with Crippen LogP contribution in [0.5, 0.6) is 0 Å². The second-order valence-corrected chi connectivity index (χ2v) is 7.21. The van der Waals surface area contributed by atoms with E-state index in [9.17, 15) is 9.59 Å². The highest BCUT2D eigenvalue weighted by Crippen LogP contribution is 2.27. The van der Waals surface area contributed by atoms with E-state index in [0.717, 1.165) is 10.4 Å². The number of hydrogen-bond donors (Lipinski definition) is 1. The summed E-state index contributed by atoms with van der Waals surface area (Å²) in [6.45, 7) is 3.72. The molecule has 10 nitrogen and oxygen atoms in total. The van der Waals surface area contributed by atoms with Crippen LogP contribution in [0.15, 0.2) is 27.9 Å². The molecule has 3 aromatic rings. The summed E-state index contributed by atoms with van der Waals surface area (Å²) in [5.41, 5.74) is 0.678. The van der Waals surface area contributed by atoms with Crippen molar-refractivity contribution < 1.29 is 4.79 Å². The van der Waals surface area contributed by atoms with E-state index in [1.54, 1.807) is 25.1 Å². The van der Waals surface area contributed by atoms with Crippen molar-refractivity contribution in [3.8, 4) is 0 Å². The largest absolute Gasteiger partial charge is 0.346 e. The van der Waals surface area contributed by atoms with Crippen LogP contribution in [0.4, 0.5) is 11.8 Å². The molecular weight excluding hydrogens is 416 g/mol. The molecule has 1 amide bonds. The average Bonchev–Trinajstić information content (AvgIpc) is 2.96. The van der Waals surface area contributed by atoms with E-state index in [4.69, 9.17) is 0 Å². The third-order valence-corrected chi connectivity index (χ3v) is 4.56. The van der Waals surface area contributed by atoms with Crippen LogP contribution in [0.1, 0.15) is 25.5 Å². The average molecular weight is 435 g/mol. The van der Waals surface area contributed by atoms with Crippen LogP contribution in [-0.4, -0.2) is 49.4 Å². The molecule has 0 aliphatic rings. The van der Waals surface area contributed by atoms with E-state index in [2.05, 4.69) is 41.4 Å². The Kier molecular flexibility index (Phi) is 5.22. The fraction of sp³-hybridized carbons (Fsp3) is 0.375. The van der Waals surface area contributed by atoms with Crippen LogP contribution < -0.4 is 15.8 Å². The van der Waals surface area contributed by atoms with Gasteiger partial charge in [0.25, 0.3) is 5.56 Å². The quantitative estimate of drug-likeness (QED) is 0.643. The maximum Gasteiger partial charge on any atom is 0.294 e. The number of rotatable bonds is 5. The minimum absolute atomic E-state index is 0.114. The molecule has 0 unspecified atom stereocenters. The van der Waals surface area contributed by atoms with Crippen LogP contribution >= 0.6 is 15.9 Å². The molecule has 0 atom stereocenters. The van der Waals surface area contributed by atoms with Crippen molar-refractivity contribution in [3.05, 3.63) is 39.1 Å². The third kappa shape index (κ3) is 3.68. The van der Waals surface area contributed by atoms with Gasteiger partial charge in [0.2, 0.25) is 11.9 Å². The lowest BCUT2D eigenvalue weighted by Gasteiger charge is -2.14. The molecule has 0 saturated heterocycles. The topological polar surface area (TPSA) is 110 Å². The molecule has 11 heteroatoms. The number of carbonyl (C=O) groups excluding carboxylic acids is 1. The number of fused-ring (bicyclic) bond motifs is 1. The second kappa shape index (κ2) is 7.43. The first kappa shape index (κ1) is 19.0. The molecule has 0 fully saturated rings. The van der Waals surface area contributed by atoms with Crippen molar-refractivity contribution in [1.82, 2.24) is 29.4 Å². The first-order valence-corrected chi connectivity index (χ1v) is 9.01. The van der Waals surface area contributed by atoms with Crippen LogP contribution in [-0.2, 0) is 11.3 Å². The Labute approximate surface area is 163 Å². The molecule has 0 saturated carbocycles. The highest BCUT2D eigenvalue weighted by atomic mass is 79.9. The molecule has 0 spiro atoms. The molecule has 0 aliphatic heterocycles. The van der Waals surface area contributed by atoms with Gasteiger partial charge in [-0.15, -0.1) is 5.10 Å². The van der Waals surface area contributed by atoms with E-state index in [-0.39, 0.29) is 12.5 Å². The summed E-state index contributed by atoms with van der Waals surface area (Å²) in [6, 6.07) is 1.56. The van der Waals surface area contributed by atoms with Crippen molar-refractivity contribution in [2.75, 3.05) is 24.3 Å². The van der Waals surface area contributed by atoms with Gasteiger partial charge in [0.05, 0.1) is 10.2 Å². The zero-order chi connectivity index (χ0) is 19.7. The Balaban J connectivity index is 2.05. The number of aromatic nitrogens is 6. The summed E-state index contributed by atoms with van der Waals surface area (Å²) in [5, 5.41) is 11.4. The predicted octanol–water partition coefficient (Wildman–Crippen LogP) is 1.27. The molecule has 0 aliphatic carbocycles. The normalized spacial score (nSPS) is 11.2. The van der Waals surface area contributed by atoms with Gasteiger partial charge in [0, 0.05) is 20.3 Å². The minimum atomic E-state index is -0.419. The maximum absolute atomic E-state index is 12.9. The van der Waals surface area contributed by atoms with Crippen molar-refractivity contribution in [3.63, 3.8) is 0 Å². The van der Waals surface area contributed by atoms with Crippen LogP contribution in [0.2, 0.25) is 0 Å². The molecule has 0 radical (unpaired) electrons. The standard InChI is InChI=1S/C16H19BrN8O2/c1-9(2)13-12(17)14-15(27)24(22-16(23(3)4)25(14)21-13)7-11(26)20-10-5-6-18-8-19-10/h5-6,8-9H,7H2,1-4H3,(H,18,19,20,26). The number of nitrogens with one attached hydrogen (secondary N) is 1. The summed E-state index contributed by atoms with van der Waals surface area (Å²) in [4.78, 5) is 34.7. The molecule has 3 rings (SSSR count). The Morgan fingerprint density at radius 1 is 1.33 bits per heavy atom. The number of hydrogen-bond acceptors (Lipinski definition) is 7. The van der Waals surface area contributed by atoms with Gasteiger partial charge in [-0.1, -0.05) is 13.8 Å². The molecule has 1 N–H and O–H groups in total. The lowest BCUT2D eigenvalue weighted by molar-refractivity contribution is -0.117. The summed E-state index contributed by atoms with van der Waals surface area (Å²) >= 11 is 3.48. The predicted molar refractivity (Wildman–Crippen MR) is 104 cm³/mol. The molecule has 0 aromatic carbocycles. The van der Waals surface area contributed by atoms with Gasteiger partial charge in [-0.3, -0.25) is 9.59 Å². The second-order valence-electron chi connectivity index (χ2n) is 6.41. The SMILES string of the molecule is CC(C)c1nn2c(N(C)C)nn(CC(=O)Nc3ccncn3)c(=O)c2c1Br. The summed E-state index contributed by atoms with van der Waals surface area (Å²) in [5.74, 6) is 0.483. The van der Waals surface area contributed by atoms with E-state index in [1.807, 2.05) is 13.8 Å². The highest BCUT2D eigenvalue weighted by molar-refractivity contribution is 9.10. The number of amides is 1. The Hall–Kier alpha value is -2.82. The lowest BCUT2D eigenvalue weighted by Crippen LogP contribution is -2.33. The summed E-state index contributed by atoms with van der Waals surface area (Å²) in [6.07, 6.45) is 2.84. The van der Waals surface area contributed by atoms with Gasteiger partial charge >= 0.3 is 0 Å². The first-order valence-electron chi connectivity index (χ1n) is 8.22. The van der Waals surface area contributed by atoms with Gasteiger partial charge in [0.15, 0.2) is 5.52 Å². The molecule has 3 aromatic heterocycles. The monoisotopic (exact) mass is 434 g/mol. The number of halogens is 1. The zero-order valence-electron chi connectivity index (χ0n) is 15.3. The molecule has 142 valence electrons. The van der Waals surface area contributed by atoms with Crippen LogP contribution in [0.3, 0.4) is 0 Å². The molecule has 3 heterocycles. The van der Waals surface area contributed by atoms with Crippen LogP contribution in [0, 0.1) is 0 Å². The van der Waals surface area contributed by atoms with E-state index < -0.39 is 11.5 Å². The molecule has 27 heavy (non-hydrogen) atoms. The van der Waals surface area contributed by atoms with E-state index in [1.165, 1.54) is 17.0 Å². The van der Waals surface area contributed by atoms with E-state index in [0.29, 0.717) is 21.8 Å².